The lowest BCUT2D eigenvalue weighted by Gasteiger charge is -1.99. The highest BCUT2D eigenvalue weighted by Crippen LogP contribution is 1.97. The number of hydrogen-bond donors (Lipinski definition) is 1. The van der Waals surface area contributed by atoms with Crippen LogP contribution in [-0.4, -0.2) is 16.6 Å². The Morgan fingerprint density at radius 1 is 1.64 bits per heavy atom. The molecule has 60 valence electrons. The second kappa shape index (κ2) is 3.88. The zero-order valence-electron chi connectivity index (χ0n) is 6.45. The summed E-state index contributed by atoms with van der Waals surface area (Å²) in [5, 5.41) is 0. The third-order valence-electron chi connectivity index (χ3n) is 1.19. The highest BCUT2D eigenvalue weighted by Gasteiger charge is 1.93. The van der Waals surface area contributed by atoms with Gasteiger partial charge in [-0.25, -0.2) is 9.97 Å². The molecule has 0 aliphatic carbocycles. The fourth-order valence-electron chi connectivity index (χ4n) is 0.700. The van der Waals surface area contributed by atoms with Crippen molar-refractivity contribution in [3.63, 3.8) is 0 Å². The fourth-order valence-corrected chi connectivity index (χ4v) is 0.700. The maximum Gasteiger partial charge on any atom is 0.220 e. The summed E-state index contributed by atoms with van der Waals surface area (Å²) >= 11 is 0. The van der Waals surface area contributed by atoms with Gasteiger partial charge in [-0.15, -0.1) is 0 Å². The molecule has 1 heterocycles. The van der Waals surface area contributed by atoms with Crippen LogP contribution in [0.25, 0.3) is 0 Å². The molecule has 0 aromatic carbocycles. The van der Waals surface area contributed by atoms with Gasteiger partial charge in [-0.1, -0.05) is 0 Å². The molecule has 0 fully saturated rings. The van der Waals surface area contributed by atoms with Crippen molar-refractivity contribution in [2.24, 2.45) is 0 Å². The molecule has 1 aromatic heterocycles. The Bertz CT molecular complexity index is 227. The van der Waals surface area contributed by atoms with E-state index in [1.54, 1.807) is 12.3 Å². The van der Waals surface area contributed by atoms with Gasteiger partial charge in [0.05, 0.1) is 12.3 Å². The van der Waals surface area contributed by atoms with Gasteiger partial charge in [-0.2, -0.15) is 0 Å². The minimum absolute atomic E-state index is 0.294. The first kappa shape index (κ1) is 7.94. The number of nitrogens with two attached hydrogens (primary N) is 1. The van der Waals surface area contributed by atoms with E-state index in [0.717, 1.165) is 5.69 Å². The predicted molar refractivity (Wildman–Crippen MR) is 41.8 cm³/mol. The van der Waals surface area contributed by atoms with Crippen molar-refractivity contribution in [3.8, 4) is 0 Å². The number of hydrogen-bond acceptors (Lipinski definition) is 4. The molecule has 0 spiro atoms. The van der Waals surface area contributed by atoms with Crippen molar-refractivity contribution in [1.82, 2.24) is 9.97 Å². The van der Waals surface area contributed by atoms with Crippen LogP contribution in [-0.2, 0) is 11.3 Å². The minimum atomic E-state index is 0.294. The lowest BCUT2D eigenvalue weighted by Crippen LogP contribution is -2.00. The SMILES string of the molecule is CCOCc1ccnc(N)n1. The van der Waals surface area contributed by atoms with Gasteiger partial charge in [0.25, 0.3) is 0 Å². The molecule has 0 bridgehead atoms. The molecule has 0 unspecified atom stereocenters. The Morgan fingerprint density at radius 3 is 3.09 bits per heavy atom. The van der Waals surface area contributed by atoms with Crippen molar-refractivity contribution in [1.29, 1.82) is 0 Å². The first-order chi connectivity index (χ1) is 5.33. The van der Waals surface area contributed by atoms with Gasteiger partial charge in [-0.05, 0) is 13.0 Å². The molecule has 0 saturated heterocycles. The number of rotatable bonds is 3. The third-order valence-corrected chi connectivity index (χ3v) is 1.19. The summed E-state index contributed by atoms with van der Waals surface area (Å²) in [5.74, 6) is 0.294. The summed E-state index contributed by atoms with van der Waals surface area (Å²) in [5.41, 5.74) is 6.17. The van der Waals surface area contributed by atoms with Gasteiger partial charge in [0.1, 0.15) is 0 Å². The lowest BCUT2D eigenvalue weighted by molar-refractivity contribution is 0.131. The van der Waals surface area contributed by atoms with Gasteiger partial charge < -0.3 is 10.5 Å². The highest BCUT2D eigenvalue weighted by molar-refractivity contribution is 5.16. The molecule has 0 aliphatic heterocycles. The molecular weight excluding hydrogens is 142 g/mol. The molecule has 4 heteroatoms. The van der Waals surface area contributed by atoms with E-state index in [-0.39, 0.29) is 0 Å². The Hall–Kier alpha value is -1.16. The average Bonchev–Trinajstić information content (AvgIpc) is 2.01. The van der Waals surface area contributed by atoms with E-state index in [1.165, 1.54) is 0 Å². The fraction of sp³-hybridized carbons (Fsp3) is 0.429. The number of ether oxygens (including phenoxy) is 1. The zero-order chi connectivity index (χ0) is 8.10. The lowest BCUT2D eigenvalue weighted by atomic mass is 10.4. The van der Waals surface area contributed by atoms with Crippen LogP contribution >= 0.6 is 0 Å². The van der Waals surface area contributed by atoms with E-state index in [4.69, 9.17) is 10.5 Å². The van der Waals surface area contributed by atoms with E-state index in [9.17, 15) is 0 Å². The van der Waals surface area contributed by atoms with Crippen LogP contribution in [0.15, 0.2) is 12.3 Å². The van der Waals surface area contributed by atoms with Crippen LogP contribution in [0.4, 0.5) is 5.95 Å². The minimum Gasteiger partial charge on any atom is -0.375 e. The van der Waals surface area contributed by atoms with E-state index in [2.05, 4.69) is 9.97 Å². The largest absolute Gasteiger partial charge is 0.375 e. The smallest absolute Gasteiger partial charge is 0.220 e. The first-order valence-corrected chi connectivity index (χ1v) is 3.48. The molecule has 0 saturated carbocycles. The predicted octanol–water partition coefficient (Wildman–Crippen LogP) is 0.595. The van der Waals surface area contributed by atoms with E-state index >= 15 is 0 Å². The van der Waals surface area contributed by atoms with Crippen LogP contribution in [0, 0.1) is 0 Å². The van der Waals surface area contributed by atoms with Crippen LogP contribution < -0.4 is 5.73 Å². The van der Waals surface area contributed by atoms with Crippen molar-refractivity contribution in [3.05, 3.63) is 18.0 Å². The van der Waals surface area contributed by atoms with Crippen molar-refractivity contribution >= 4 is 5.95 Å². The molecular formula is C7H11N3O. The van der Waals surface area contributed by atoms with Gasteiger partial charge in [-0.3, -0.25) is 0 Å². The topological polar surface area (TPSA) is 61.0 Å². The Labute approximate surface area is 65.4 Å². The van der Waals surface area contributed by atoms with Gasteiger partial charge >= 0.3 is 0 Å². The normalized spacial score (nSPS) is 9.91. The van der Waals surface area contributed by atoms with E-state index in [0.29, 0.717) is 19.2 Å². The van der Waals surface area contributed by atoms with Crippen molar-refractivity contribution < 1.29 is 4.74 Å². The molecule has 1 rings (SSSR count). The summed E-state index contributed by atoms with van der Waals surface area (Å²) < 4.78 is 5.13. The summed E-state index contributed by atoms with van der Waals surface area (Å²) in [6.07, 6.45) is 1.62. The number of nitrogen functional groups attached to an aromatic ring is 1. The Balaban J connectivity index is 2.56. The number of anilines is 1. The van der Waals surface area contributed by atoms with E-state index in [1.807, 2.05) is 6.92 Å². The van der Waals surface area contributed by atoms with Crippen molar-refractivity contribution in [2.45, 2.75) is 13.5 Å². The maximum atomic E-state index is 5.35. The molecule has 0 atom stereocenters. The quantitative estimate of drug-likeness (QED) is 0.690. The number of aromatic nitrogens is 2. The Kier molecular flexibility index (Phi) is 2.80. The molecule has 11 heavy (non-hydrogen) atoms. The monoisotopic (exact) mass is 153 g/mol. The van der Waals surface area contributed by atoms with Crippen LogP contribution in [0.2, 0.25) is 0 Å². The maximum absolute atomic E-state index is 5.35. The van der Waals surface area contributed by atoms with Crippen LogP contribution in [0.5, 0.6) is 0 Å². The molecule has 0 amide bonds. The summed E-state index contributed by atoms with van der Waals surface area (Å²) in [7, 11) is 0. The molecule has 0 radical (unpaired) electrons. The second-order valence-electron chi connectivity index (χ2n) is 2.04. The standard InChI is InChI=1S/C7H11N3O/c1-2-11-5-6-3-4-9-7(8)10-6/h3-4H,2,5H2,1H3,(H2,8,9,10). The number of nitrogens with zero attached hydrogens (tertiary/aromatic N) is 2. The first-order valence-electron chi connectivity index (χ1n) is 3.48. The van der Waals surface area contributed by atoms with Gasteiger partial charge in [0.15, 0.2) is 0 Å². The molecule has 1 aromatic rings. The third kappa shape index (κ3) is 2.51. The average molecular weight is 153 g/mol. The van der Waals surface area contributed by atoms with Gasteiger partial charge in [0, 0.05) is 12.8 Å². The van der Waals surface area contributed by atoms with E-state index < -0.39 is 0 Å². The van der Waals surface area contributed by atoms with Crippen LogP contribution in [0.1, 0.15) is 12.6 Å². The second-order valence-corrected chi connectivity index (χ2v) is 2.04. The van der Waals surface area contributed by atoms with Gasteiger partial charge in [0.2, 0.25) is 5.95 Å². The molecule has 4 nitrogen and oxygen atoms in total. The Morgan fingerprint density at radius 2 is 2.45 bits per heavy atom. The molecule has 2 N–H and O–H groups in total. The van der Waals surface area contributed by atoms with Crippen molar-refractivity contribution in [2.75, 3.05) is 12.3 Å². The molecule has 0 aliphatic rings. The summed E-state index contributed by atoms with van der Waals surface area (Å²) in [4.78, 5) is 7.71. The zero-order valence-corrected chi connectivity index (χ0v) is 6.45. The summed E-state index contributed by atoms with van der Waals surface area (Å²) in [6.45, 7) is 3.12. The van der Waals surface area contributed by atoms with Crippen LogP contribution in [0.3, 0.4) is 0 Å². The summed E-state index contributed by atoms with van der Waals surface area (Å²) in [6, 6.07) is 1.78. The highest BCUT2D eigenvalue weighted by atomic mass is 16.5.